The standard InChI is InChI=1S/2C16H36P.C2H2F5O3P/c2*1-5-9-13-17(14-10-6-2,15-11-7-3)16-12-8-4;3-1(4,5)2(6,7)11(8,9)10/h2*5-16H2,1-4H3;(H2,8,9,10)/q2*+1;/p-2. The Morgan fingerprint density at radius 3 is 0.644 bits per heavy atom. The number of hydrogen-bond acceptors (Lipinski definition) is 3. The molecule has 45 heavy (non-hydrogen) atoms. The highest BCUT2D eigenvalue weighted by molar-refractivity contribution is 7.76. The van der Waals surface area contributed by atoms with E-state index >= 15 is 0 Å². The number of rotatable bonds is 25. The van der Waals surface area contributed by atoms with Crippen molar-refractivity contribution in [2.24, 2.45) is 0 Å². The van der Waals surface area contributed by atoms with Gasteiger partial charge >= 0.3 is 11.8 Å². The average molecular weight is 717 g/mol. The topological polar surface area (TPSA) is 63.2 Å². The van der Waals surface area contributed by atoms with Crippen LogP contribution in [-0.2, 0) is 4.57 Å². The molecule has 0 saturated carbocycles. The van der Waals surface area contributed by atoms with E-state index in [0.29, 0.717) is 0 Å². The van der Waals surface area contributed by atoms with Gasteiger partial charge in [0.15, 0.2) is 0 Å². The molecule has 0 atom stereocenters. The Hall–Kier alpha value is 0.660. The van der Waals surface area contributed by atoms with Crippen LogP contribution < -0.4 is 9.79 Å². The van der Waals surface area contributed by atoms with Gasteiger partial charge in [-0.1, -0.05) is 107 Å². The molecule has 0 aliphatic rings. The van der Waals surface area contributed by atoms with Crippen molar-refractivity contribution < 1.29 is 36.3 Å². The molecule has 0 fully saturated rings. The summed E-state index contributed by atoms with van der Waals surface area (Å²) in [5.41, 5.74) is -6.18. The van der Waals surface area contributed by atoms with Crippen LogP contribution in [0.3, 0.4) is 0 Å². The number of hydrogen-bond donors (Lipinski definition) is 0. The fraction of sp³-hybridized carbons (Fsp3) is 1.00. The summed E-state index contributed by atoms with van der Waals surface area (Å²) in [6, 6.07) is 0. The molecule has 0 aliphatic carbocycles. The Labute approximate surface area is 277 Å². The minimum absolute atomic E-state index is 0.562. The third-order valence-corrected chi connectivity index (χ3v) is 19.6. The summed E-state index contributed by atoms with van der Waals surface area (Å²) in [7, 11) is -8.07. The molecule has 0 bridgehead atoms. The zero-order valence-corrected chi connectivity index (χ0v) is 33.1. The third kappa shape index (κ3) is 23.6. The van der Waals surface area contributed by atoms with Crippen molar-refractivity contribution in [1.29, 1.82) is 0 Å². The Bertz CT molecular complexity index is 592. The molecule has 0 aromatic carbocycles. The maximum Gasteiger partial charge on any atom is 0.458 e. The van der Waals surface area contributed by atoms with E-state index in [1.807, 2.05) is 0 Å². The Morgan fingerprint density at radius 1 is 0.422 bits per heavy atom. The van der Waals surface area contributed by atoms with Crippen molar-refractivity contribution in [2.75, 3.05) is 49.3 Å². The highest BCUT2D eigenvalue weighted by Crippen LogP contribution is 2.62. The largest absolute Gasteiger partial charge is 0.806 e. The summed E-state index contributed by atoms with van der Waals surface area (Å²) in [4.78, 5) is 18.6. The molecule has 0 heterocycles. The summed E-state index contributed by atoms with van der Waals surface area (Å²) in [5, 5.41) is 0. The monoisotopic (exact) mass is 716 g/mol. The molecule has 0 aliphatic heterocycles. The molecule has 0 radical (unpaired) electrons. The first-order chi connectivity index (χ1) is 21.0. The first kappa shape index (κ1) is 50.0. The van der Waals surface area contributed by atoms with Crippen LogP contribution in [-0.4, -0.2) is 61.1 Å². The summed E-state index contributed by atoms with van der Waals surface area (Å²) in [6.07, 6.45) is 29.6. The van der Waals surface area contributed by atoms with E-state index in [9.17, 15) is 36.3 Å². The van der Waals surface area contributed by atoms with Gasteiger partial charge in [0.1, 0.15) is 0 Å². The third-order valence-electron chi connectivity index (χ3n) is 8.57. The number of alkyl halides is 5. The van der Waals surface area contributed by atoms with E-state index in [1.54, 1.807) is 49.3 Å². The molecule has 0 saturated heterocycles. The molecule has 0 aromatic heterocycles. The second kappa shape index (κ2) is 28.5. The highest BCUT2D eigenvalue weighted by atomic mass is 31.2. The smallest absolute Gasteiger partial charge is 0.458 e. The maximum atomic E-state index is 11.4. The molecule has 0 aromatic rings. The SMILES string of the molecule is CCCC[P+](CCCC)(CCCC)CCCC.CCCC[P+](CCCC)(CCCC)CCCC.O=P([O-])([O-])C(F)(F)C(F)(F)F. The zero-order valence-electron chi connectivity index (χ0n) is 30.4. The van der Waals surface area contributed by atoms with Gasteiger partial charge in [-0.25, -0.2) is 0 Å². The van der Waals surface area contributed by atoms with Crippen molar-refractivity contribution in [3.8, 4) is 0 Å². The fourth-order valence-electron chi connectivity index (χ4n) is 5.45. The molecular weight excluding hydrogens is 644 g/mol. The van der Waals surface area contributed by atoms with Crippen LogP contribution in [0, 0.1) is 0 Å². The van der Waals surface area contributed by atoms with E-state index < -0.39 is 34.0 Å². The summed E-state index contributed by atoms with van der Waals surface area (Å²) < 4.78 is 65.2. The van der Waals surface area contributed by atoms with E-state index in [-0.39, 0.29) is 0 Å². The maximum absolute atomic E-state index is 11.4. The molecule has 276 valence electrons. The lowest BCUT2D eigenvalue weighted by molar-refractivity contribution is -0.360. The highest BCUT2D eigenvalue weighted by Gasteiger charge is 2.60. The van der Waals surface area contributed by atoms with Crippen LogP contribution >= 0.6 is 22.1 Å². The van der Waals surface area contributed by atoms with Gasteiger partial charge in [0.05, 0.1) is 49.3 Å². The van der Waals surface area contributed by atoms with E-state index in [2.05, 4.69) is 55.4 Å². The number of halogens is 5. The first-order valence-electron chi connectivity index (χ1n) is 18.2. The quantitative estimate of drug-likeness (QED) is 0.0698. The van der Waals surface area contributed by atoms with Crippen LogP contribution in [0.2, 0.25) is 0 Å². The second-order valence-corrected chi connectivity index (χ2v) is 23.3. The molecule has 0 N–H and O–H groups in total. The van der Waals surface area contributed by atoms with Crippen LogP contribution in [0.4, 0.5) is 22.0 Å². The molecule has 3 nitrogen and oxygen atoms in total. The van der Waals surface area contributed by atoms with Crippen LogP contribution in [0.5, 0.6) is 0 Å². The summed E-state index contributed by atoms with van der Waals surface area (Å²) >= 11 is 0. The predicted molar refractivity (Wildman–Crippen MR) is 191 cm³/mol. The van der Waals surface area contributed by atoms with Crippen molar-refractivity contribution in [3.63, 3.8) is 0 Å². The summed E-state index contributed by atoms with van der Waals surface area (Å²) in [6.45, 7) is 18.8. The Kier molecular flexibility index (Phi) is 31.7. The molecule has 0 spiro atoms. The van der Waals surface area contributed by atoms with Crippen LogP contribution in [0.25, 0.3) is 0 Å². The van der Waals surface area contributed by atoms with Gasteiger partial charge in [0.25, 0.3) is 0 Å². The van der Waals surface area contributed by atoms with E-state index in [1.165, 1.54) is 103 Å². The van der Waals surface area contributed by atoms with Gasteiger partial charge in [0.2, 0.25) is 0 Å². The molecule has 11 heteroatoms. The van der Waals surface area contributed by atoms with Gasteiger partial charge < -0.3 is 14.4 Å². The van der Waals surface area contributed by atoms with Crippen molar-refractivity contribution in [1.82, 2.24) is 0 Å². The molecule has 0 rings (SSSR count). The number of unbranched alkanes of at least 4 members (excludes halogenated alkanes) is 8. The second-order valence-electron chi connectivity index (χ2n) is 12.8. The van der Waals surface area contributed by atoms with Crippen LogP contribution in [0.1, 0.15) is 158 Å². The minimum Gasteiger partial charge on any atom is -0.806 e. The lowest BCUT2D eigenvalue weighted by Gasteiger charge is -2.37. The normalized spacial score (nSPS) is 12.8. The van der Waals surface area contributed by atoms with Gasteiger partial charge in [-0.15, -0.1) is 0 Å². The van der Waals surface area contributed by atoms with Crippen molar-refractivity contribution in [3.05, 3.63) is 0 Å². The minimum atomic E-state index is -6.95. The zero-order chi connectivity index (χ0) is 35.5. The lowest BCUT2D eigenvalue weighted by Crippen LogP contribution is -2.43. The van der Waals surface area contributed by atoms with Gasteiger partial charge in [0, 0.05) is 22.1 Å². The van der Waals surface area contributed by atoms with Crippen LogP contribution in [0.15, 0.2) is 0 Å². The van der Waals surface area contributed by atoms with E-state index in [4.69, 9.17) is 0 Å². The average Bonchev–Trinajstić information content (AvgIpc) is 2.99. The molecule has 0 unspecified atom stereocenters. The van der Waals surface area contributed by atoms with E-state index in [0.717, 1.165) is 0 Å². The Balaban J connectivity index is -0.000000604. The lowest BCUT2D eigenvalue weighted by atomic mass is 10.4. The molecular formula is C34H72F5O3P3. The Morgan fingerprint density at radius 2 is 0.578 bits per heavy atom. The van der Waals surface area contributed by atoms with Crippen molar-refractivity contribution in [2.45, 2.75) is 170 Å². The van der Waals surface area contributed by atoms with Gasteiger partial charge in [-0.2, -0.15) is 22.0 Å². The summed E-state index contributed by atoms with van der Waals surface area (Å²) in [5.74, 6) is 0. The first-order valence-corrected chi connectivity index (χ1v) is 24.8. The fourth-order valence-corrected chi connectivity index (χ4v) is 16.3. The predicted octanol–water partition coefficient (Wildman–Crippen LogP) is 12.5. The molecule has 0 amide bonds. The van der Waals surface area contributed by atoms with Gasteiger partial charge in [-0.3, -0.25) is 0 Å². The van der Waals surface area contributed by atoms with Gasteiger partial charge in [-0.05, 0) is 51.4 Å². The van der Waals surface area contributed by atoms with Crippen molar-refractivity contribution >= 4 is 22.1 Å².